The van der Waals surface area contributed by atoms with Crippen LogP contribution in [0.4, 0.5) is 5.69 Å². The number of amides is 2. The molecule has 1 rings (SSSR count). The van der Waals surface area contributed by atoms with Crippen LogP contribution in [0.5, 0.6) is 0 Å². The molecule has 0 aliphatic heterocycles. The highest BCUT2D eigenvalue weighted by molar-refractivity contribution is 6.34. The fourth-order valence-corrected chi connectivity index (χ4v) is 2.24. The van der Waals surface area contributed by atoms with E-state index in [1.54, 1.807) is 13.8 Å². The summed E-state index contributed by atoms with van der Waals surface area (Å²) in [7, 11) is 0. The highest BCUT2D eigenvalue weighted by atomic mass is 35.5. The van der Waals surface area contributed by atoms with Gasteiger partial charge in [-0.25, -0.2) is 0 Å². The summed E-state index contributed by atoms with van der Waals surface area (Å²) < 4.78 is 0. The molecule has 0 aliphatic rings. The van der Waals surface area contributed by atoms with Crippen molar-refractivity contribution in [2.45, 2.75) is 26.3 Å². The molecule has 2 amide bonds. The minimum absolute atomic E-state index is 0.0484. The third-order valence-corrected chi connectivity index (χ3v) is 3.64. The summed E-state index contributed by atoms with van der Waals surface area (Å²) in [5, 5.41) is 16.0. The number of rotatable bonds is 8. The number of carbonyl (C=O) groups is 2. The molecular formula is C15H21ClN4O4. The lowest BCUT2D eigenvalue weighted by Crippen LogP contribution is -2.50. The Morgan fingerprint density at radius 3 is 2.54 bits per heavy atom. The van der Waals surface area contributed by atoms with Crippen molar-refractivity contribution in [2.75, 3.05) is 13.1 Å². The number of non-ortho nitro benzene ring substituents is 1. The van der Waals surface area contributed by atoms with E-state index in [2.05, 4.69) is 10.6 Å². The van der Waals surface area contributed by atoms with E-state index in [0.717, 1.165) is 6.07 Å². The molecule has 1 aromatic carbocycles. The third-order valence-electron chi connectivity index (χ3n) is 3.32. The zero-order valence-corrected chi connectivity index (χ0v) is 14.3. The number of hydrogen-bond donors (Lipinski definition) is 3. The summed E-state index contributed by atoms with van der Waals surface area (Å²) in [5.74, 6) is -1.03. The van der Waals surface area contributed by atoms with Gasteiger partial charge in [-0.1, -0.05) is 25.4 Å². The standard InChI is InChI=1S/C15H21ClN4O4/c1-9(2)13(15(22)18-7-3-6-17)19-14(21)11-5-4-10(20(23)24)8-12(11)16/h4-5,8-9,13H,3,6-7,17H2,1-2H3,(H,18,22)(H,19,21). The van der Waals surface area contributed by atoms with Gasteiger partial charge < -0.3 is 16.4 Å². The second-order valence-corrected chi connectivity index (χ2v) is 5.96. The van der Waals surface area contributed by atoms with E-state index in [-0.39, 0.29) is 28.1 Å². The van der Waals surface area contributed by atoms with Gasteiger partial charge in [0, 0.05) is 18.7 Å². The molecule has 1 unspecified atom stereocenters. The van der Waals surface area contributed by atoms with Crippen LogP contribution in [0.1, 0.15) is 30.6 Å². The van der Waals surface area contributed by atoms with Crippen molar-refractivity contribution in [3.63, 3.8) is 0 Å². The topological polar surface area (TPSA) is 127 Å². The van der Waals surface area contributed by atoms with Crippen molar-refractivity contribution in [1.82, 2.24) is 10.6 Å². The molecule has 8 nitrogen and oxygen atoms in total. The van der Waals surface area contributed by atoms with Gasteiger partial charge in [-0.15, -0.1) is 0 Å². The van der Waals surface area contributed by atoms with Gasteiger partial charge in [0.1, 0.15) is 6.04 Å². The first-order valence-corrected chi connectivity index (χ1v) is 7.88. The maximum Gasteiger partial charge on any atom is 0.270 e. The Kier molecular flexibility index (Phi) is 7.60. The minimum Gasteiger partial charge on any atom is -0.354 e. The lowest BCUT2D eigenvalue weighted by Gasteiger charge is -2.22. The molecule has 0 radical (unpaired) electrons. The van der Waals surface area contributed by atoms with E-state index in [9.17, 15) is 19.7 Å². The molecule has 0 aliphatic carbocycles. The molecule has 4 N–H and O–H groups in total. The normalized spacial score (nSPS) is 11.9. The van der Waals surface area contributed by atoms with Gasteiger partial charge in [0.15, 0.2) is 0 Å². The van der Waals surface area contributed by atoms with Gasteiger partial charge >= 0.3 is 0 Å². The zero-order valence-electron chi connectivity index (χ0n) is 13.5. The summed E-state index contributed by atoms with van der Waals surface area (Å²) >= 11 is 5.93. The van der Waals surface area contributed by atoms with Crippen LogP contribution in [0, 0.1) is 16.0 Å². The first-order chi connectivity index (χ1) is 11.3. The predicted octanol–water partition coefficient (Wildman–Crippen LogP) is 1.47. The average molecular weight is 357 g/mol. The summed E-state index contributed by atoms with van der Waals surface area (Å²) in [6.07, 6.45) is 0.638. The molecule has 0 aromatic heterocycles. The number of halogens is 1. The maximum atomic E-state index is 12.3. The molecule has 0 saturated carbocycles. The molecule has 0 saturated heterocycles. The number of benzene rings is 1. The van der Waals surface area contributed by atoms with Gasteiger partial charge in [0.25, 0.3) is 11.6 Å². The molecule has 9 heteroatoms. The Balaban J connectivity index is 2.85. The number of hydrogen-bond acceptors (Lipinski definition) is 5. The van der Waals surface area contributed by atoms with Gasteiger partial charge in [-0.05, 0) is 24.9 Å². The average Bonchev–Trinajstić information content (AvgIpc) is 2.51. The summed E-state index contributed by atoms with van der Waals surface area (Å²) in [6.45, 7) is 4.47. The van der Waals surface area contributed by atoms with Crippen LogP contribution >= 0.6 is 11.6 Å². The van der Waals surface area contributed by atoms with E-state index in [1.807, 2.05) is 0 Å². The van der Waals surface area contributed by atoms with Gasteiger partial charge in [0.2, 0.25) is 5.91 Å². The Labute approximate surface area is 144 Å². The van der Waals surface area contributed by atoms with Crippen molar-refractivity contribution in [2.24, 2.45) is 11.7 Å². The monoisotopic (exact) mass is 356 g/mol. The number of carbonyl (C=O) groups excluding carboxylic acids is 2. The molecule has 132 valence electrons. The Morgan fingerprint density at radius 2 is 2.04 bits per heavy atom. The second-order valence-electron chi connectivity index (χ2n) is 5.55. The van der Waals surface area contributed by atoms with E-state index in [0.29, 0.717) is 19.5 Å². The maximum absolute atomic E-state index is 12.3. The Morgan fingerprint density at radius 1 is 1.38 bits per heavy atom. The summed E-state index contributed by atoms with van der Waals surface area (Å²) in [6, 6.07) is 2.80. The van der Waals surface area contributed by atoms with Gasteiger partial charge in [0.05, 0.1) is 15.5 Å². The molecule has 1 aromatic rings. The van der Waals surface area contributed by atoms with Crippen molar-refractivity contribution < 1.29 is 14.5 Å². The number of nitrogens with one attached hydrogen (secondary N) is 2. The number of nitrogens with two attached hydrogens (primary N) is 1. The van der Waals surface area contributed by atoms with Crippen LogP contribution < -0.4 is 16.4 Å². The smallest absolute Gasteiger partial charge is 0.270 e. The Bertz CT molecular complexity index is 621. The van der Waals surface area contributed by atoms with E-state index >= 15 is 0 Å². The number of nitro groups is 1. The first-order valence-electron chi connectivity index (χ1n) is 7.50. The van der Waals surface area contributed by atoms with Gasteiger partial charge in [-0.2, -0.15) is 0 Å². The SMILES string of the molecule is CC(C)C(NC(=O)c1ccc([N+](=O)[O-])cc1Cl)C(=O)NCCCN. The summed E-state index contributed by atoms with van der Waals surface area (Å²) in [4.78, 5) is 34.6. The van der Waals surface area contributed by atoms with Crippen LogP contribution in [-0.2, 0) is 4.79 Å². The molecule has 0 fully saturated rings. The number of nitrogens with zero attached hydrogens (tertiary/aromatic N) is 1. The van der Waals surface area contributed by atoms with Crippen molar-refractivity contribution in [3.8, 4) is 0 Å². The molecular weight excluding hydrogens is 336 g/mol. The zero-order chi connectivity index (χ0) is 18.3. The lowest BCUT2D eigenvalue weighted by molar-refractivity contribution is -0.384. The number of nitro benzene ring substituents is 1. The van der Waals surface area contributed by atoms with Crippen LogP contribution in [0.15, 0.2) is 18.2 Å². The van der Waals surface area contributed by atoms with Crippen LogP contribution in [0.25, 0.3) is 0 Å². The molecule has 0 spiro atoms. The highest BCUT2D eigenvalue weighted by Crippen LogP contribution is 2.22. The quantitative estimate of drug-likeness (QED) is 0.369. The van der Waals surface area contributed by atoms with E-state index < -0.39 is 16.9 Å². The largest absolute Gasteiger partial charge is 0.354 e. The van der Waals surface area contributed by atoms with Crippen LogP contribution in [-0.4, -0.2) is 35.9 Å². The molecule has 0 heterocycles. The first kappa shape index (κ1) is 19.9. The fraction of sp³-hybridized carbons (Fsp3) is 0.467. The van der Waals surface area contributed by atoms with E-state index in [1.165, 1.54) is 12.1 Å². The second kappa shape index (κ2) is 9.19. The molecule has 1 atom stereocenters. The molecule has 0 bridgehead atoms. The van der Waals surface area contributed by atoms with Crippen LogP contribution in [0.2, 0.25) is 5.02 Å². The lowest BCUT2D eigenvalue weighted by atomic mass is 10.0. The fourth-order valence-electron chi connectivity index (χ4n) is 1.98. The highest BCUT2D eigenvalue weighted by Gasteiger charge is 2.25. The summed E-state index contributed by atoms with van der Waals surface area (Å²) in [5.41, 5.74) is 5.23. The van der Waals surface area contributed by atoms with E-state index in [4.69, 9.17) is 17.3 Å². The molecule has 24 heavy (non-hydrogen) atoms. The van der Waals surface area contributed by atoms with Crippen molar-refractivity contribution in [3.05, 3.63) is 38.9 Å². The Hall–Kier alpha value is -2.19. The third kappa shape index (κ3) is 5.47. The minimum atomic E-state index is -0.749. The predicted molar refractivity (Wildman–Crippen MR) is 90.9 cm³/mol. The van der Waals surface area contributed by atoms with Gasteiger partial charge in [-0.3, -0.25) is 19.7 Å². The van der Waals surface area contributed by atoms with Crippen LogP contribution in [0.3, 0.4) is 0 Å². The van der Waals surface area contributed by atoms with Crippen molar-refractivity contribution >= 4 is 29.1 Å². The van der Waals surface area contributed by atoms with Crippen molar-refractivity contribution in [1.29, 1.82) is 0 Å².